The highest BCUT2D eigenvalue weighted by Gasteiger charge is 2.53. The summed E-state index contributed by atoms with van der Waals surface area (Å²) in [6.45, 7) is 7.13. The van der Waals surface area contributed by atoms with Crippen molar-refractivity contribution < 1.29 is 23.1 Å². The summed E-state index contributed by atoms with van der Waals surface area (Å²) in [6.07, 6.45) is 1.48. The van der Waals surface area contributed by atoms with E-state index in [2.05, 4.69) is 6.92 Å². The Labute approximate surface area is 121 Å². The Hall–Kier alpha value is -0.420. The smallest absolute Gasteiger partial charge is 0.345 e. The molecular formula is C13H26NO5P. The zero-order chi connectivity index (χ0) is 15.2. The zero-order valence-electron chi connectivity index (χ0n) is 12.8. The Morgan fingerprint density at radius 2 is 1.85 bits per heavy atom. The maximum Gasteiger partial charge on any atom is 0.345 e. The normalized spacial score (nSPS) is 23.6. The van der Waals surface area contributed by atoms with Gasteiger partial charge in [0.1, 0.15) is 0 Å². The van der Waals surface area contributed by atoms with Gasteiger partial charge >= 0.3 is 7.60 Å². The minimum atomic E-state index is -3.48. The largest absolute Gasteiger partial charge is 0.378 e. The van der Waals surface area contributed by atoms with E-state index >= 15 is 0 Å². The maximum atomic E-state index is 12.8. The van der Waals surface area contributed by atoms with Crippen LogP contribution in [0.3, 0.4) is 0 Å². The molecule has 0 radical (unpaired) electrons. The number of amides is 1. The van der Waals surface area contributed by atoms with Crippen LogP contribution < -0.4 is 0 Å². The van der Waals surface area contributed by atoms with Gasteiger partial charge in [0, 0.05) is 20.2 Å². The van der Waals surface area contributed by atoms with E-state index in [0.717, 1.165) is 12.8 Å². The SMILES string of the molecule is CCCCN1C[C@H](OC)[C@@H](P(=O)(OCC)OCC)C1=O. The van der Waals surface area contributed by atoms with Crippen molar-refractivity contribution in [3.63, 3.8) is 0 Å². The van der Waals surface area contributed by atoms with E-state index in [0.29, 0.717) is 13.1 Å². The molecule has 7 heteroatoms. The molecule has 0 spiro atoms. The Bertz CT molecular complexity index is 353. The molecule has 0 aromatic heterocycles. The third-order valence-corrected chi connectivity index (χ3v) is 5.83. The predicted octanol–water partition coefficient (Wildman–Crippen LogP) is 2.28. The summed E-state index contributed by atoms with van der Waals surface area (Å²) in [5.74, 6) is -0.185. The highest BCUT2D eigenvalue weighted by atomic mass is 31.2. The number of rotatable bonds is 9. The molecule has 1 aliphatic rings. The molecule has 0 saturated carbocycles. The van der Waals surface area contributed by atoms with Gasteiger partial charge in [-0.15, -0.1) is 0 Å². The summed E-state index contributed by atoms with van der Waals surface area (Å²) >= 11 is 0. The van der Waals surface area contributed by atoms with Gasteiger partial charge in [-0.05, 0) is 20.3 Å². The number of ether oxygens (including phenoxy) is 1. The van der Waals surface area contributed by atoms with Gasteiger partial charge < -0.3 is 18.7 Å². The predicted molar refractivity (Wildman–Crippen MR) is 76.9 cm³/mol. The topological polar surface area (TPSA) is 65.1 Å². The first-order chi connectivity index (χ1) is 9.53. The Kier molecular flexibility index (Phi) is 7.17. The molecule has 6 nitrogen and oxygen atoms in total. The van der Waals surface area contributed by atoms with Gasteiger partial charge in [-0.1, -0.05) is 13.3 Å². The van der Waals surface area contributed by atoms with Crippen LogP contribution in [-0.2, 0) is 23.1 Å². The lowest BCUT2D eigenvalue weighted by Gasteiger charge is -2.24. The fraction of sp³-hybridized carbons (Fsp3) is 0.923. The summed E-state index contributed by atoms with van der Waals surface area (Å²) in [4.78, 5) is 14.2. The average molecular weight is 307 g/mol. The lowest BCUT2D eigenvalue weighted by molar-refractivity contribution is -0.127. The van der Waals surface area contributed by atoms with E-state index in [4.69, 9.17) is 13.8 Å². The number of hydrogen-bond acceptors (Lipinski definition) is 5. The van der Waals surface area contributed by atoms with E-state index < -0.39 is 19.4 Å². The van der Waals surface area contributed by atoms with Crippen LogP contribution in [0, 0.1) is 0 Å². The van der Waals surface area contributed by atoms with Crippen molar-refractivity contribution in [3.05, 3.63) is 0 Å². The lowest BCUT2D eigenvalue weighted by atomic mass is 10.3. The molecule has 0 N–H and O–H groups in total. The molecule has 1 amide bonds. The van der Waals surface area contributed by atoms with Gasteiger partial charge in [-0.3, -0.25) is 9.36 Å². The van der Waals surface area contributed by atoms with E-state index in [9.17, 15) is 9.36 Å². The van der Waals surface area contributed by atoms with Gasteiger partial charge in [0.15, 0.2) is 5.66 Å². The Balaban J connectivity index is 2.93. The van der Waals surface area contributed by atoms with Crippen LogP contribution in [0.15, 0.2) is 0 Å². The first-order valence-corrected chi connectivity index (χ1v) is 8.85. The zero-order valence-corrected chi connectivity index (χ0v) is 13.7. The van der Waals surface area contributed by atoms with Crippen LogP contribution in [0.5, 0.6) is 0 Å². The summed E-state index contributed by atoms with van der Waals surface area (Å²) in [5, 5.41) is 0. The third-order valence-electron chi connectivity index (χ3n) is 3.36. The second-order valence-electron chi connectivity index (χ2n) is 4.73. The molecule has 1 aliphatic heterocycles. The second kappa shape index (κ2) is 8.13. The van der Waals surface area contributed by atoms with Crippen molar-refractivity contribution in [1.82, 2.24) is 4.90 Å². The van der Waals surface area contributed by atoms with E-state index in [-0.39, 0.29) is 19.1 Å². The van der Waals surface area contributed by atoms with Crippen LogP contribution in [-0.4, -0.2) is 56.0 Å². The summed E-state index contributed by atoms with van der Waals surface area (Å²) in [7, 11) is -1.96. The molecule has 20 heavy (non-hydrogen) atoms. The first kappa shape index (κ1) is 17.6. The minimum absolute atomic E-state index is 0.185. The van der Waals surface area contributed by atoms with Crippen molar-refractivity contribution in [1.29, 1.82) is 0 Å². The van der Waals surface area contributed by atoms with Crippen molar-refractivity contribution in [3.8, 4) is 0 Å². The molecule has 0 aromatic rings. The molecule has 1 rings (SSSR count). The maximum absolute atomic E-state index is 12.8. The van der Waals surface area contributed by atoms with Crippen molar-refractivity contribution >= 4 is 13.5 Å². The first-order valence-electron chi connectivity index (χ1n) is 7.24. The molecule has 0 bridgehead atoms. The van der Waals surface area contributed by atoms with Crippen LogP contribution in [0.1, 0.15) is 33.6 Å². The molecule has 118 valence electrons. The average Bonchev–Trinajstić information content (AvgIpc) is 2.74. The molecule has 0 aliphatic carbocycles. The van der Waals surface area contributed by atoms with Crippen LogP contribution in [0.2, 0.25) is 0 Å². The van der Waals surface area contributed by atoms with Gasteiger partial charge in [-0.25, -0.2) is 0 Å². The standard InChI is InChI=1S/C13H26NO5P/c1-5-8-9-14-10-11(17-4)12(13(14)15)20(16,18-6-2)19-7-3/h11-12H,5-10H2,1-4H3/t11-,12+/m0/s1. The number of unbranched alkanes of at least 4 members (excludes halogenated alkanes) is 1. The molecule has 1 fully saturated rings. The number of hydrogen-bond donors (Lipinski definition) is 0. The number of likely N-dealkylation sites (tertiary alicyclic amines) is 1. The highest BCUT2D eigenvalue weighted by Crippen LogP contribution is 2.56. The molecule has 2 atom stereocenters. The molecule has 1 saturated heterocycles. The number of carbonyl (C=O) groups is 1. The van der Waals surface area contributed by atoms with E-state index in [1.54, 1.807) is 18.7 Å². The Morgan fingerprint density at radius 3 is 2.30 bits per heavy atom. The minimum Gasteiger partial charge on any atom is -0.378 e. The van der Waals surface area contributed by atoms with Crippen LogP contribution in [0.25, 0.3) is 0 Å². The number of nitrogens with zero attached hydrogens (tertiary/aromatic N) is 1. The summed E-state index contributed by atoms with van der Waals surface area (Å²) < 4.78 is 28.8. The van der Waals surface area contributed by atoms with E-state index in [1.165, 1.54) is 7.11 Å². The summed E-state index contributed by atoms with van der Waals surface area (Å²) in [6, 6.07) is 0. The second-order valence-corrected chi connectivity index (χ2v) is 6.88. The monoisotopic (exact) mass is 307 g/mol. The third kappa shape index (κ3) is 3.82. The molecule has 0 aromatic carbocycles. The van der Waals surface area contributed by atoms with Gasteiger partial charge in [-0.2, -0.15) is 0 Å². The van der Waals surface area contributed by atoms with Crippen LogP contribution >= 0.6 is 7.60 Å². The molecule has 1 heterocycles. The van der Waals surface area contributed by atoms with Gasteiger partial charge in [0.25, 0.3) is 0 Å². The lowest BCUT2D eigenvalue weighted by Crippen LogP contribution is -2.32. The van der Waals surface area contributed by atoms with Gasteiger partial charge in [0.05, 0.1) is 19.3 Å². The Morgan fingerprint density at radius 1 is 1.25 bits per heavy atom. The molecular weight excluding hydrogens is 281 g/mol. The number of carbonyl (C=O) groups excluding carboxylic acids is 1. The summed E-state index contributed by atoms with van der Waals surface area (Å²) in [5.41, 5.74) is -0.843. The molecule has 0 unspecified atom stereocenters. The van der Waals surface area contributed by atoms with Crippen LogP contribution in [0.4, 0.5) is 0 Å². The van der Waals surface area contributed by atoms with Crippen molar-refractivity contribution in [2.24, 2.45) is 0 Å². The van der Waals surface area contributed by atoms with Crippen molar-refractivity contribution in [2.45, 2.75) is 45.4 Å². The van der Waals surface area contributed by atoms with Crippen molar-refractivity contribution in [2.75, 3.05) is 33.4 Å². The quantitative estimate of drug-likeness (QED) is 0.611. The van der Waals surface area contributed by atoms with Gasteiger partial charge in [0.2, 0.25) is 5.91 Å². The fourth-order valence-electron chi connectivity index (χ4n) is 2.40. The number of methoxy groups -OCH3 is 1. The van der Waals surface area contributed by atoms with E-state index in [1.807, 2.05) is 0 Å². The fourth-order valence-corrected chi connectivity index (χ4v) is 4.58. The highest BCUT2D eigenvalue weighted by molar-refractivity contribution is 7.55.